The Bertz CT molecular complexity index is 568. The molecule has 0 aliphatic heterocycles. The maximum atomic E-state index is 8.69. The number of hydrogen-bond acceptors (Lipinski definition) is 3. The number of aromatic nitrogens is 2. The average molecular weight is 319 g/mol. The second kappa shape index (κ2) is 6.50. The minimum atomic E-state index is 0.0147. The summed E-state index contributed by atoms with van der Waals surface area (Å²) in [4.78, 5) is 7.59. The standard InChI is InChI=1S/C14H15BrN4/c1-10(6-16)7-17-9-14-18-8-13(19-14)11-2-4-12(15)5-3-11/h2-5,8,10,17H,7,9H2,1H3,(H,18,19)/t10-/m1/s1. The van der Waals surface area contributed by atoms with Gasteiger partial charge in [0.15, 0.2) is 0 Å². The normalized spacial score (nSPS) is 12.1. The van der Waals surface area contributed by atoms with Gasteiger partial charge in [-0.15, -0.1) is 0 Å². The number of halogens is 1. The van der Waals surface area contributed by atoms with E-state index >= 15 is 0 Å². The smallest absolute Gasteiger partial charge is 0.120 e. The zero-order valence-electron chi connectivity index (χ0n) is 10.7. The molecule has 1 aromatic carbocycles. The first-order valence-electron chi connectivity index (χ1n) is 6.09. The maximum absolute atomic E-state index is 8.69. The molecule has 0 spiro atoms. The number of nitrogens with zero attached hydrogens (tertiary/aromatic N) is 2. The summed E-state index contributed by atoms with van der Waals surface area (Å²) in [6.45, 7) is 3.20. The lowest BCUT2D eigenvalue weighted by atomic mass is 10.2. The molecule has 0 saturated heterocycles. The lowest BCUT2D eigenvalue weighted by Gasteiger charge is -2.03. The highest BCUT2D eigenvalue weighted by Gasteiger charge is 2.04. The molecule has 0 unspecified atom stereocenters. The first-order chi connectivity index (χ1) is 9.19. The molecule has 4 nitrogen and oxygen atoms in total. The summed E-state index contributed by atoms with van der Waals surface area (Å²) in [5.74, 6) is 0.893. The van der Waals surface area contributed by atoms with Crippen LogP contribution in [0.4, 0.5) is 0 Å². The summed E-state index contributed by atoms with van der Waals surface area (Å²) in [5, 5.41) is 11.9. The molecule has 1 heterocycles. The van der Waals surface area contributed by atoms with Gasteiger partial charge >= 0.3 is 0 Å². The van der Waals surface area contributed by atoms with E-state index in [0.717, 1.165) is 21.6 Å². The van der Waals surface area contributed by atoms with Crippen LogP contribution in [-0.2, 0) is 6.54 Å². The number of hydrogen-bond donors (Lipinski definition) is 2. The van der Waals surface area contributed by atoms with Crippen molar-refractivity contribution in [3.05, 3.63) is 40.8 Å². The topological polar surface area (TPSA) is 64.5 Å². The molecule has 0 fully saturated rings. The van der Waals surface area contributed by atoms with Gasteiger partial charge in [-0.05, 0) is 24.6 Å². The van der Waals surface area contributed by atoms with E-state index in [1.165, 1.54) is 0 Å². The summed E-state index contributed by atoms with van der Waals surface area (Å²) in [7, 11) is 0. The fourth-order valence-corrected chi connectivity index (χ4v) is 1.95. The van der Waals surface area contributed by atoms with Gasteiger partial charge in [0, 0.05) is 11.0 Å². The van der Waals surface area contributed by atoms with E-state index in [4.69, 9.17) is 5.26 Å². The minimum Gasteiger partial charge on any atom is -0.341 e. The highest BCUT2D eigenvalue weighted by atomic mass is 79.9. The summed E-state index contributed by atoms with van der Waals surface area (Å²) in [6, 6.07) is 10.3. The Labute approximate surface area is 121 Å². The zero-order chi connectivity index (χ0) is 13.7. The van der Waals surface area contributed by atoms with E-state index in [1.807, 2.05) is 37.4 Å². The van der Waals surface area contributed by atoms with E-state index in [1.54, 1.807) is 0 Å². The lowest BCUT2D eigenvalue weighted by molar-refractivity contribution is 0.590. The fourth-order valence-electron chi connectivity index (χ4n) is 1.68. The highest BCUT2D eigenvalue weighted by Crippen LogP contribution is 2.19. The van der Waals surface area contributed by atoms with E-state index in [9.17, 15) is 0 Å². The number of nitriles is 1. The molecule has 1 atom stereocenters. The Balaban J connectivity index is 1.96. The summed E-state index contributed by atoms with van der Waals surface area (Å²) < 4.78 is 1.06. The number of aromatic amines is 1. The van der Waals surface area contributed by atoms with Gasteiger partial charge < -0.3 is 10.3 Å². The SMILES string of the molecule is C[C@H](C#N)CNCc1ncc(-c2ccc(Br)cc2)[nH]1. The Morgan fingerprint density at radius 2 is 2.16 bits per heavy atom. The first kappa shape index (κ1) is 13.8. The molecular weight excluding hydrogens is 304 g/mol. The van der Waals surface area contributed by atoms with Crippen molar-refractivity contribution in [2.24, 2.45) is 5.92 Å². The first-order valence-corrected chi connectivity index (χ1v) is 6.88. The van der Waals surface area contributed by atoms with Gasteiger partial charge in [-0.2, -0.15) is 5.26 Å². The van der Waals surface area contributed by atoms with Crippen molar-refractivity contribution >= 4 is 15.9 Å². The summed E-state index contributed by atoms with van der Waals surface area (Å²) in [5.41, 5.74) is 2.10. The molecule has 0 aliphatic carbocycles. The molecule has 0 saturated carbocycles. The largest absolute Gasteiger partial charge is 0.341 e. The lowest BCUT2D eigenvalue weighted by Crippen LogP contribution is -2.20. The van der Waals surface area contributed by atoms with E-state index in [-0.39, 0.29) is 5.92 Å². The number of nitrogens with one attached hydrogen (secondary N) is 2. The molecule has 0 radical (unpaired) electrons. The Morgan fingerprint density at radius 3 is 2.84 bits per heavy atom. The molecule has 0 bridgehead atoms. The van der Waals surface area contributed by atoms with Gasteiger partial charge in [0.05, 0.1) is 30.4 Å². The number of imidazole rings is 1. The van der Waals surface area contributed by atoms with Gasteiger partial charge in [0.2, 0.25) is 0 Å². The predicted octanol–water partition coefficient (Wildman–Crippen LogP) is 3.09. The quantitative estimate of drug-likeness (QED) is 0.890. The minimum absolute atomic E-state index is 0.0147. The van der Waals surface area contributed by atoms with Crippen LogP contribution in [0.3, 0.4) is 0 Å². The molecule has 5 heteroatoms. The van der Waals surface area contributed by atoms with Crippen molar-refractivity contribution in [1.82, 2.24) is 15.3 Å². The fraction of sp³-hybridized carbons (Fsp3) is 0.286. The molecule has 2 N–H and O–H groups in total. The van der Waals surface area contributed by atoms with Crippen molar-refractivity contribution < 1.29 is 0 Å². The monoisotopic (exact) mass is 318 g/mol. The highest BCUT2D eigenvalue weighted by molar-refractivity contribution is 9.10. The van der Waals surface area contributed by atoms with Crippen LogP contribution >= 0.6 is 15.9 Å². The Morgan fingerprint density at radius 1 is 1.42 bits per heavy atom. The second-order valence-corrected chi connectivity index (χ2v) is 5.33. The van der Waals surface area contributed by atoms with E-state index in [0.29, 0.717) is 13.1 Å². The Hall–Kier alpha value is -1.64. The summed E-state index contributed by atoms with van der Waals surface area (Å²) in [6.07, 6.45) is 1.83. The average Bonchev–Trinajstić information content (AvgIpc) is 2.88. The van der Waals surface area contributed by atoms with E-state index < -0.39 is 0 Å². The number of benzene rings is 1. The Kier molecular flexibility index (Phi) is 4.72. The van der Waals surface area contributed by atoms with Crippen LogP contribution < -0.4 is 5.32 Å². The van der Waals surface area contributed by atoms with Crippen LogP contribution in [0.15, 0.2) is 34.9 Å². The molecule has 1 aromatic heterocycles. The molecule has 19 heavy (non-hydrogen) atoms. The maximum Gasteiger partial charge on any atom is 0.120 e. The van der Waals surface area contributed by atoms with Crippen molar-refractivity contribution in [3.63, 3.8) is 0 Å². The van der Waals surface area contributed by atoms with Crippen molar-refractivity contribution in [1.29, 1.82) is 5.26 Å². The number of rotatable bonds is 5. The van der Waals surface area contributed by atoms with Crippen molar-refractivity contribution in [3.8, 4) is 17.3 Å². The number of H-pyrrole nitrogens is 1. The molecule has 0 aliphatic rings. The molecular formula is C14H15BrN4. The molecule has 0 amide bonds. The van der Waals surface area contributed by atoms with Gasteiger partial charge in [-0.3, -0.25) is 0 Å². The van der Waals surface area contributed by atoms with Crippen molar-refractivity contribution in [2.45, 2.75) is 13.5 Å². The third-order valence-electron chi connectivity index (χ3n) is 2.75. The summed E-state index contributed by atoms with van der Waals surface area (Å²) >= 11 is 3.42. The van der Waals surface area contributed by atoms with Crippen LogP contribution in [0.2, 0.25) is 0 Å². The van der Waals surface area contributed by atoms with Crippen LogP contribution in [0.25, 0.3) is 11.3 Å². The third-order valence-corrected chi connectivity index (χ3v) is 3.28. The molecule has 2 rings (SSSR count). The van der Waals surface area contributed by atoms with Crippen molar-refractivity contribution in [2.75, 3.05) is 6.54 Å². The van der Waals surface area contributed by atoms with Gasteiger partial charge in [-0.1, -0.05) is 28.1 Å². The van der Waals surface area contributed by atoms with Crippen LogP contribution in [-0.4, -0.2) is 16.5 Å². The molecule has 2 aromatic rings. The second-order valence-electron chi connectivity index (χ2n) is 4.41. The van der Waals surface area contributed by atoms with Gasteiger partial charge in [0.25, 0.3) is 0 Å². The zero-order valence-corrected chi connectivity index (χ0v) is 12.2. The van der Waals surface area contributed by atoms with Gasteiger partial charge in [0.1, 0.15) is 5.82 Å². The molecule has 98 valence electrons. The van der Waals surface area contributed by atoms with E-state index in [2.05, 4.69) is 37.3 Å². The van der Waals surface area contributed by atoms with Crippen LogP contribution in [0, 0.1) is 17.2 Å². The predicted molar refractivity (Wildman–Crippen MR) is 78.2 cm³/mol. The van der Waals surface area contributed by atoms with Gasteiger partial charge in [-0.25, -0.2) is 4.98 Å². The third kappa shape index (κ3) is 3.91. The van der Waals surface area contributed by atoms with Crippen LogP contribution in [0.5, 0.6) is 0 Å². The van der Waals surface area contributed by atoms with Crippen LogP contribution in [0.1, 0.15) is 12.7 Å².